The molecule has 7 nitrogen and oxygen atoms in total. The van der Waals surface area contributed by atoms with Gasteiger partial charge in [-0.2, -0.15) is 0 Å². The highest BCUT2D eigenvalue weighted by molar-refractivity contribution is 6.74. The van der Waals surface area contributed by atoms with Gasteiger partial charge in [0.25, 0.3) is 0 Å². The van der Waals surface area contributed by atoms with Gasteiger partial charge in [0.15, 0.2) is 14.4 Å². The fraction of sp³-hybridized carbons (Fsp3) is 0.594. The van der Waals surface area contributed by atoms with E-state index in [1.807, 2.05) is 48.5 Å². The van der Waals surface area contributed by atoms with Crippen LogP contribution in [-0.2, 0) is 30.0 Å². The van der Waals surface area contributed by atoms with Gasteiger partial charge in [-0.3, -0.25) is 4.90 Å². The van der Waals surface area contributed by atoms with Gasteiger partial charge in [0.05, 0.1) is 12.6 Å². The number of hydrogen-bond donors (Lipinski definition) is 1. The van der Waals surface area contributed by atoms with Crippen molar-refractivity contribution in [2.24, 2.45) is 0 Å². The number of hydrogen-bond acceptors (Lipinski definition) is 7. The molecule has 40 heavy (non-hydrogen) atoms. The van der Waals surface area contributed by atoms with E-state index in [1.54, 1.807) is 20.8 Å². The molecular weight excluding hydrogens is 522 g/mol. The van der Waals surface area contributed by atoms with Crippen LogP contribution < -0.4 is 0 Å². The number of carbonyl (C=O) groups excluding carboxylic acids is 1. The molecule has 0 aliphatic carbocycles. The molecule has 5 atom stereocenters. The maximum atomic E-state index is 13.4. The van der Waals surface area contributed by atoms with E-state index in [0.29, 0.717) is 13.2 Å². The van der Waals surface area contributed by atoms with E-state index >= 15 is 0 Å². The minimum Gasteiger partial charge on any atom is -0.458 e. The number of carbonyl (C=O) groups is 1. The fourth-order valence-electron chi connectivity index (χ4n) is 4.64. The van der Waals surface area contributed by atoms with Gasteiger partial charge in [-0.15, -0.1) is 0 Å². The van der Waals surface area contributed by atoms with Crippen LogP contribution in [0.3, 0.4) is 0 Å². The molecule has 0 spiro atoms. The lowest BCUT2D eigenvalue weighted by atomic mass is 9.94. The van der Waals surface area contributed by atoms with Crippen molar-refractivity contribution in [1.29, 1.82) is 0 Å². The van der Waals surface area contributed by atoms with E-state index in [4.69, 9.17) is 18.6 Å². The monoisotopic (exact) mass is 571 g/mol. The third kappa shape index (κ3) is 8.47. The molecule has 0 aromatic heterocycles. The molecule has 222 valence electrons. The average Bonchev–Trinajstić information content (AvgIpc) is 3.34. The van der Waals surface area contributed by atoms with E-state index in [9.17, 15) is 9.90 Å². The Kier molecular flexibility index (Phi) is 10.8. The molecule has 3 unspecified atom stereocenters. The van der Waals surface area contributed by atoms with E-state index < -0.39 is 44.2 Å². The Balaban J connectivity index is 2.04. The van der Waals surface area contributed by atoms with E-state index in [0.717, 1.165) is 11.1 Å². The number of benzene rings is 2. The number of ether oxygens (including phenoxy) is 3. The Bertz CT molecular complexity index is 1070. The predicted octanol–water partition coefficient (Wildman–Crippen LogP) is 6.08. The van der Waals surface area contributed by atoms with Crippen LogP contribution in [0.1, 0.15) is 65.6 Å². The highest BCUT2D eigenvalue weighted by Crippen LogP contribution is 2.38. The summed E-state index contributed by atoms with van der Waals surface area (Å²) >= 11 is 0. The zero-order chi connectivity index (χ0) is 29.7. The zero-order valence-corrected chi connectivity index (χ0v) is 26.7. The molecule has 2 aromatic carbocycles. The maximum absolute atomic E-state index is 13.4. The van der Waals surface area contributed by atoms with Crippen molar-refractivity contribution < 1.29 is 28.5 Å². The molecule has 0 radical (unpaired) electrons. The van der Waals surface area contributed by atoms with Gasteiger partial charge in [-0.25, -0.2) is 4.79 Å². The third-order valence-electron chi connectivity index (χ3n) is 8.00. The normalized spacial score (nSPS) is 20.8. The molecular formula is C32H49NO6Si. The largest absolute Gasteiger partial charge is 0.458 e. The molecule has 1 heterocycles. The summed E-state index contributed by atoms with van der Waals surface area (Å²) in [6.45, 7) is 19.3. The highest BCUT2D eigenvalue weighted by atomic mass is 28.4. The maximum Gasteiger partial charge on any atom is 0.337 e. The molecule has 3 rings (SSSR count). The van der Waals surface area contributed by atoms with Crippen LogP contribution in [0.15, 0.2) is 60.7 Å². The van der Waals surface area contributed by atoms with E-state index in [-0.39, 0.29) is 17.9 Å². The fourth-order valence-corrected chi connectivity index (χ4v) is 5.66. The van der Waals surface area contributed by atoms with Gasteiger partial charge < -0.3 is 23.7 Å². The minimum atomic E-state index is -2.08. The Morgan fingerprint density at radius 3 is 2.12 bits per heavy atom. The summed E-state index contributed by atoms with van der Waals surface area (Å²) in [5.74, 6) is -0.685. The van der Waals surface area contributed by atoms with Crippen LogP contribution in [0.5, 0.6) is 0 Å². The van der Waals surface area contributed by atoms with Crippen molar-refractivity contribution in [3.05, 3.63) is 71.8 Å². The van der Waals surface area contributed by atoms with Crippen LogP contribution >= 0.6 is 0 Å². The first-order valence-corrected chi connectivity index (χ1v) is 17.1. The third-order valence-corrected chi connectivity index (χ3v) is 12.5. The summed E-state index contributed by atoms with van der Waals surface area (Å²) in [6.07, 6.45) is -2.56. The molecule has 8 heteroatoms. The SMILES string of the molecule is CC(c1ccccc1)N(Cc1ccccc1)C(C(O)C(=O)OC(C)(C)C)[C@H]1OCO[C@H]1CO[Si](C)(C)C(C)(C)C. The molecule has 1 aliphatic rings. The Labute approximate surface area is 241 Å². The molecule has 2 aromatic rings. The minimum absolute atomic E-state index is 0.0263. The topological polar surface area (TPSA) is 77.5 Å². The molecule has 1 aliphatic heterocycles. The van der Waals surface area contributed by atoms with Crippen LogP contribution in [-0.4, -0.2) is 67.6 Å². The second-order valence-electron chi connectivity index (χ2n) is 13.2. The molecule has 0 amide bonds. The van der Waals surface area contributed by atoms with Crippen LogP contribution in [0.4, 0.5) is 0 Å². The van der Waals surface area contributed by atoms with E-state index in [2.05, 4.69) is 57.8 Å². The Morgan fingerprint density at radius 1 is 1.00 bits per heavy atom. The van der Waals surface area contributed by atoms with Crippen molar-refractivity contribution in [3.63, 3.8) is 0 Å². The molecule has 0 bridgehead atoms. The summed E-state index contributed by atoms with van der Waals surface area (Å²) in [7, 11) is -2.08. The summed E-state index contributed by atoms with van der Waals surface area (Å²) in [5.41, 5.74) is 1.36. The van der Waals surface area contributed by atoms with Gasteiger partial charge >= 0.3 is 5.97 Å². The molecule has 1 fully saturated rings. The van der Waals surface area contributed by atoms with E-state index in [1.165, 1.54) is 0 Å². The number of nitrogens with zero attached hydrogens (tertiary/aromatic N) is 1. The van der Waals surface area contributed by atoms with Crippen LogP contribution in [0, 0.1) is 0 Å². The van der Waals surface area contributed by atoms with Crippen molar-refractivity contribution in [2.45, 2.75) is 109 Å². The van der Waals surface area contributed by atoms with Crippen molar-refractivity contribution in [2.75, 3.05) is 13.4 Å². The number of aliphatic hydroxyl groups excluding tert-OH is 1. The van der Waals surface area contributed by atoms with Crippen molar-refractivity contribution in [1.82, 2.24) is 4.90 Å². The first-order valence-electron chi connectivity index (χ1n) is 14.2. The molecule has 1 saturated heterocycles. The summed E-state index contributed by atoms with van der Waals surface area (Å²) in [4.78, 5) is 15.5. The highest BCUT2D eigenvalue weighted by Gasteiger charge is 2.48. The lowest BCUT2D eigenvalue weighted by molar-refractivity contribution is -0.174. The van der Waals surface area contributed by atoms with Gasteiger partial charge in [-0.1, -0.05) is 81.4 Å². The van der Waals surface area contributed by atoms with Gasteiger partial charge in [0.2, 0.25) is 0 Å². The Morgan fingerprint density at radius 2 is 1.57 bits per heavy atom. The van der Waals surface area contributed by atoms with Gasteiger partial charge in [0.1, 0.15) is 24.6 Å². The van der Waals surface area contributed by atoms with Crippen LogP contribution in [0.2, 0.25) is 18.1 Å². The lowest BCUT2D eigenvalue weighted by Crippen LogP contribution is -2.58. The number of esters is 1. The quantitative estimate of drug-likeness (QED) is 0.259. The summed E-state index contributed by atoms with van der Waals surface area (Å²) in [6, 6.07) is 19.2. The molecule has 1 N–H and O–H groups in total. The summed E-state index contributed by atoms with van der Waals surface area (Å²) in [5, 5.41) is 11.8. The second-order valence-corrected chi connectivity index (χ2v) is 18.0. The number of aliphatic hydroxyl groups is 1. The predicted molar refractivity (Wildman–Crippen MR) is 160 cm³/mol. The van der Waals surface area contributed by atoms with Crippen molar-refractivity contribution >= 4 is 14.3 Å². The molecule has 0 saturated carbocycles. The summed E-state index contributed by atoms with van der Waals surface area (Å²) < 4.78 is 24.5. The smallest absolute Gasteiger partial charge is 0.337 e. The lowest BCUT2D eigenvalue weighted by Gasteiger charge is -2.43. The standard InChI is InChI=1S/C32H49NO6Si/c1-23(25-18-14-11-15-19-25)33(20-24-16-12-10-13-17-24)27(28(34)30(35)39-31(2,3)4)29-26(36-22-37-29)21-38-40(8,9)32(5,6)7/h10-19,23,26-29,34H,20-22H2,1-9H3/t23?,26-,27?,28?,29-/m0/s1. The first kappa shape index (κ1) is 32.4. The van der Waals surface area contributed by atoms with Gasteiger partial charge in [-0.05, 0) is 57.0 Å². The average molecular weight is 572 g/mol. The van der Waals surface area contributed by atoms with Gasteiger partial charge in [0, 0.05) is 12.6 Å². The van der Waals surface area contributed by atoms with Crippen molar-refractivity contribution in [3.8, 4) is 0 Å². The first-order chi connectivity index (χ1) is 18.6. The second kappa shape index (κ2) is 13.3. The zero-order valence-electron chi connectivity index (χ0n) is 25.7. The number of rotatable bonds is 11. The Hall–Kier alpha value is -2.07. The van der Waals surface area contributed by atoms with Crippen LogP contribution in [0.25, 0.3) is 0 Å².